The Morgan fingerprint density at radius 1 is 1.38 bits per heavy atom. The van der Waals surface area contributed by atoms with E-state index in [1.165, 1.54) is 17.7 Å². The van der Waals surface area contributed by atoms with E-state index in [0.717, 1.165) is 12.4 Å². The van der Waals surface area contributed by atoms with Crippen LogP contribution in [0.25, 0.3) is 0 Å². The lowest BCUT2D eigenvalue weighted by molar-refractivity contribution is 0.335. The molecular weight excluding hydrogens is 218 g/mol. The van der Waals surface area contributed by atoms with E-state index < -0.39 is 0 Å². The molecule has 1 heterocycles. The number of ether oxygens (including phenoxy) is 1. The van der Waals surface area contributed by atoms with Gasteiger partial charge in [-0.15, -0.1) is 11.8 Å². The van der Waals surface area contributed by atoms with Crippen LogP contribution >= 0.6 is 11.8 Å². The third kappa shape index (κ3) is 2.53. The molecule has 0 radical (unpaired) electrons. The van der Waals surface area contributed by atoms with Gasteiger partial charge in [0.25, 0.3) is 0 Å². The van der Waals surface area contributed by atoms with E-state index >= 15 is 0 Å². The van der Waals surface area contributed by atoms with Crippen LogP contribution in [-0.2, 0) is 0 Å². The highest BCUT2D eigenvalue weighted by Crippen LogP contribution is 2.37. The van der Waals surface area contributed by atoms with E-state index in [0.29, 0.717) is 11.4 Å². The Morgan fingerprint density at radius 2 is 2.19 bits per heavy atom. The van der Waals surface area contributed by atoms with Gasteiger partial charge in [-0.25, -0.2) is 0 Å². The maximum atomic E-state index is 5.66. The molecular formula is C13H19NOS. The van der Waals surface area contributed by atoms with Crippen LogP contribution in [-0.4, -0.2) is 18.4 Å². The smallest absolute Gasteiger partial charge is 0.124 e. The highest BCUT2D eigenvalue weighted by atomic mass is 32.2. The van der Waals surface area contributed by atoms with Gasteiger partial charge < -0.3 is 4.74 Å². The fraction of sp³-hybridized carbons (Fsp3) is 0.538. The summed E-state index contributed by atoms with van der Waals surface area (Å²) in [4.78, 5) is 0. The molecule has 0 spiro atoms. The molecule has 2 unspecified atom stereocenters. The summed E-state index contributed by atoms with van der Waals surface area (Å²) in [6, 6.07) is 8.98. The summed E-state index contributed by atoms with van der Waals surface area (Å²) in [5.74, 6) is 2.22. The van der Waals surface area contributed by atoms with Crippen molar-refractivity contribution in [3.8, 4) is 5.75 Å². The van der Waals surface area contributed by atoms with E-state index in [1.54, 1.807) is 0 Å². The van der Waals surface area contributed by atoms with Gasteiger partial charge >= 0.3 is 0 Å². The van der Waals surface area contributed by atoms with Gasteiger partial charge in [-0.1, -0.05) is 25.1 Å². The molecule has 1 aliphatic rings. The molecule has 16 heavy (non-hydrogen) atoms. The van der Waals surface area contributed by atoms with Gasteiger partial charge in [-0.05, 0) is 19.4 Å². The first-order valence-electron chi connectivity index (χ1n) is 5.94. The van der Waals surface area contributed by atoms with E-state index in [2.05, 4.69) is 30.4 Å². The van der Waals surface area contributed by atoms with Gasteiger partial charge in [0.2, 0.25) is 0 Å². The maximum Gasteiger partial charge on any atom is 0.124 e. The molecule has 0 amide bonds. The molecule has 0 bridgehead atoms. The van der Waals surface area contributed by atoms with E-state index in [4.69, 9.17) is 4.74 Å². The Kier molecular flexibility index (Phi) is 4.13. The lowest BCUT2D eigenvalue weighted by Gasteiger charge is -2.16. The zero-order valence-corrected chi connectivity index (χ0v) is 10.7. The molecule has 1 fully saturated rings. The summed E-state index contributed by atoms with van der Waals surface area (Å²) in [6.45, 7) is 4.99. The molecule has 2 rings (SSSR count). The summed E-state index contributed by atoms with van der Waals surface area (Å²) in [7, 11) is 0. The Balaban J connectivity index is 2.14. The third-order valence-corrected chi connectivity index (χ3v) is 4.16. The standard InChI is InChI=1S/C13H19NOS/c1-3-10-9-16-13(14-10)11-7-5-6-8-12(11)15-4-2/h5-8,10,13-14H,3-4,9H2,1-2H3. The van der Waals surface area contributed by atoms with Gasteiger partial charge in [0.15, 0.2) is 0 Å². The zero-order chi connectivity index (χ0) is 11.4. The second kappa shape index (κ2) is 5.60. The van der Waals surface area contributed by atoms with Crippen molar-refractivity contribution >= 4 is 11.8 Å². The molecule has 1 aromatic rings. The summed E-state index contributed by atoms with van der Waals surface area (Å²) in [6.07, 6.45) is 1.19. The van der Waals surface area contributed by atoms with Crippen molar-refractivity contribution in [3.05, 3.63) is 29.8 Å². The molecule has 0 aromatic heterocycles. The van der Waals surface area contributed by atoms with Crippen molar-refractivity contribution in [1.82, 2.24) is 5.32 Å². The van der Waals surface area contributed by atoms with Crippen LogP contribution < -0.4 is 10.1 Å². The van der Waals surface area contributed by atoms with Crippen LogP contribution in [0.2, 0.25) is 0 Å². The predicted octanol–water partition coefficient (Wildman–Crippen LogP) is 3.20. The van der Waals surface area contributed by atoms with E-state index in [-0.39, 0.29) is 0 Å². The molecule has 0 saturated carbocycles. The first-order chi connectivity index (χ1) is 7.85. The van der Waals surface area contributed by atoms with Gasteiger partial charge in [-0.3, -0.25) is 5.32 Å². The van der Waals surface area contributed by atoms with Crippen LogP contribution in [0.15, 0.2) is 24.3 Å². The normalized spacial score (nSPS) is 24.6. The Hall–Kier alpha value is -0.670. The molecule has 3 heteroatoms. The minimum Gasteiger partial charge on any atom is -0.494 e. The number of rotatable bonds is 4. The molecule has 1 N–H and O–H groups in total. The van der Waals surface area contributed by atoms with Crippen molar-refractivity contribution in [2.75, 3.05) is 12.4 Å². The van der Waals surface area contributed by atoms with Crippen LogP contribution in [0.1, 0.15) is 31.2 Å². The van der Waals surface area contributed by atoms with Crippen LogP contribution in [0, 0.1) is 0 Å². The minimum atomic E-state index is 0.396. The minimum absolute atomic E-state index is 0.396. The Morgan fingerprint density at radius 3 is 2.88 bits per heavy atom. The molecule has 1 aliphatic heterocycles. The van der Waals surface area contributed by atoms with Crippen molar-refractivity contribution in [1.29, 1.82) is 0 Å². The number of para-hydroxylation sites is 1. The van der Waals surface area contributed by atoms with Gasteiger partial charge in [0.05, 0.1) is 12.0 Å². The predicted molar refractivity (Wildman–Crippen MR) is 70.0 cm³/mol. The molecule has 2 atom stereocenters. The zero-order valence-electron chi connectivity index (χ0n) is 9.90. The van der Waals surface area contributed by atoms with Crippen LogP contribution in [0.3, 0.4) is 0 Å². The molecule has 88 valence electrons. The molecule has 1 aromatic carbocycles. The fourth-order valence-corrected chi connectivity index (χ4v) is 3.34. The van der Waals surface area contributed by atoms with Gasteiger partial charge in [0, 0.05) is 17.4 Å². The van der Waals surface area contributed by atoms with Crippen LogP contribution in [0.4, 0.5) is 0 Å². The highest BCUT2D eigenvalue weighted by molar-refractivity contribution is 7.99. The average molecular weight is 237 g/mol. The monoisotopic (exact) mass is 237 g/mol. The SMILES string of the molecule is CCOc1ccccc1C1NC(CC)CS1. The number of hydrogen-bond donors (Lipinski definition) is 1. The number of nitrogens with one attached hydrogen (secondary N) is 1. The number of benzene rings is 1. The number of thioether (sulfide) groups is 1. The van der Waals surface area contributed by atoms with E-state index in [1.807, 2.05) is 24.8 Å². The lowest BCUT2D eigenvalue weighted by atomic mass is 10.1. The van der Waals surface area contributed by atoms with Gasteiger partial charge in [-0.2, -0.15) is 0 Å². The summed E-state index contributed by atoms with van der Waals surface area (Å²) in [5.41, 5.74) is 1.28. The topological polar surface area (TPSA) is 21.3 Å². The first kappa shape index (κ1) is 11.8. The largest absolute Gasteiger partial charge is 0.494 e. The third-order valence-electron chi connectivity index (χ3n) is 2.85. The molecule has 2 nitrogen and oxygen atoms in total. The van der Waals surface area contributed by atoms with Crippen LogP contribution in [0.5, 0.6) is 5.75 Å². The Bertz CT molecular complexity index is 342. The first-order valence-corrected chi connectivity index (χ1v) is 6.99. The molecule has 1 saturated heterocycles. The summed E-state index contributed by atoms with van der Waals surface area (Å²) < 4.78 is 5.66. The molecule has 0 aliphatic carbocycles. The lowest BCUT2D eigenvalue weighted by Crippen LogP contribution is -2.24. The van der Waals surface area contributed by atoms with Gasteiger partial charge in [0.1, 0.15) is 5.75 Å². The Labute approximate surface area is 102 Å². The van der Waals surface area contributed by atoms with Crippen molar-refractivity contribution in [2.45, 2.75) is 31.7 Å². The van der Waals surface area contributed by atoms with Crippen molar-refractivity contribution in [2.24, 2.45) is 0 Å². The highest BCUT2D eigenvalue weighted by Gasteiger charge is 2.26. The summed E-state index contributed by atoms with van der Waals surface area (Å²) in [5, 5.41) is 4.03. The second-order valence-corrected chi connectivity index (χ2v) is 5.09. The van der Waals surface area contributed by atoms with Crippen molar-refractivity contribution in [3.63, 3.8) is 0 Å². The maximum absolute atomic E-state index is 5.66. The quantitative estimate of drug-likeness (QED) is 0.869. The van der Waals surface area contributed by atoms with E-state index in [9.17, 15) is 0 Å². The summed E-state index contributed by atoms with van der Waals surface area (Å²) >= 11 is 1.98. The fourth-order valence-electron chi connectivity index (χ4n) is 1.92. The van der Waals surface area contributed by atoms with Crippen molar-refractivity contribution < 1.29 is 4.74 Å². The average Bonchev–Trinajstić information content (AvgIpc) is 2.79. The second-order valence-electron chi connectivity index (χ2n) is 3.96. The number of hydrogen-bond acceptors (Lipinski definition) is 3.